The molecular weight excluding hydrogens is 422 g/mol. The highest BCUT2D eigenvalue weighted by molar-refractivity contribution is 6.08. The summed E-state index contributed by atoms with van der Waals surface area (Å²) in [6.45, 7) is 4.29. The van der Waals surface area contributed by atoms with E-state index in [1.54, 1.807) is 37.3 Å². The first-order chi connectivity index (χ1) is 15.8. The van der Waals surface area contributed by atoms with E-state index in [1.807, 2.05) is 18.2 Å². The molecule has 0 aromatic heterocycles. The van der Waals surface area contributed by atoms with E-state index >= 15 is 0 Å². The third-order valence-corrected chi connectivity index (χ3v) is 6.57. The maximum Gasteiger partial charge on any atom is 0.232 e. The molecule has 0 saturated carbocycles. The lowest BCUT2D eigenvalue weighted by molar-refractivity contribution is -0.121. The summed E-state index contributed by atoms with van der Waals surface area (Å²) in [5.41, 5.74) is 2.63. The second-order valence-corrected chi connectivity index (χ2v) is 9.44. The summed E-state index contributed by atoms with van der Waals surface area (Å²) in [4.78, 5) is 28.9. The van der Waals surface area contributed by atoms with Gasteiger partial charge in [-0.15, -0.1) is 0 Å². The predicted octanol–water partition coefficient (Wildman–Crippen LogP) is 4.60. The summed E-state index contributed by atoms with van der Waals surface area (Å²) < 4.78 is 22.0. The van der Waals surface area contributed by atoms with Crippen molar-refractivity contribution in [3.63, 3.8) is 0 Å². The first-order valence-electron chi connectivity index (χ1n) is 11.0. The zero-order chi connectivity index (χ0) is 23.3. The lowest BCUT2D eigenvalue weighted by atomic mass is 9.69. The number of rotatable bonds is 4. The predicted molar refractivity (Wildman–Crippen MR) is 122 cm³/mol. The van der Waals surface area contributed by atoms with Crippen LogP contribution in [0.25, 0.3) is 0 Å². The monoisotopic (exact) mass is 449 g/mol. The number of ether oxygens (including phenoxy) is 4. The normalized spacial score (nSPS) is 21.2. The Balaban J connectivity index is 1.69. The summed E-state index contributed by atoms with van der Waals surface area (Å²) in [7, 11) is 3.15. The van der Waals surface area contributed by atoms with Crippen LogP contribution < -0.4 is 23.8 Å². The largest absolute Gasteiger partial charge is 0.497 e. The van der Waals surface area contributed by atoms with Crippen LogP contribution in [0.2, 0.25) is 0 Å². The number of amides is 1. The van der Waals surface area contributed by atoms with Crippen LogP contribution in [0.3, 0.4) is 0 Å². The number of ketones is 1. The third-order valence-electron chi connectivity index (χ3n) is 6.57. The Morgan fingerprint density at radius 1 is 0.970 bits per heavy atom. The maximum atomic E-state index is 13.7. The highest BCUT2D eigenvalue weighted by atomic mass is 16.7. The van der Waals surface area contributed by atoms with Crippen molar-refractivity contribution in [2.45, 2.75) is 39.0 Å². The van der Waals surface area contributed by atoms with E-state index in [-0.39, 0.29) is 36.2 Å². The van der Waals surface area contributed by atoms with Gasteiger partial charge in [-0.2, -0.15) is 0 Å². The van der Waals surface area contributed by atoms with Crippen molar-refractivity contribution in [3.8, 4) is 23.0 Å². The number of hydrogen-bond donors (Lipinski definition) is 0. The zero-order valence-corrected chi connectivity index (χ0v) is 19.3. The average Bonchev–Trinajstić information content (AvgIpc) is 3.25. The molecule has 2 aromatic carbocycles. The molecule has 7 nitrogen and oxygen atoms in total. The summed E-state index contributed by atoms with van der Waals surface area (Å²) in [6, 6.07) is 11.0. The molecule has 0 N–H and O–H groups in total. The minimum absolute atomic E-state index is 0.0725. The molecule has 5 rings (SSSR count). The van der Waals surface area contributed by atoms with E-state index < -0.39 is 0 Å². The third kappa shape index (κ3) is 3.61. The number of anilines is 1. The summed E-state index contributed by atoms with van der Waals surface area (Å²) >= 11 is 0. The summed E-state index contributed by atoms with van der Waals surface area (Å²) in [6.07, 6.45) is 1.20. The molecule has 1 atom stereocenters. The Morgan fingerprint density at radius 3 is 2.52 bits per heavy atom. The molecule has 2 aromatic rings. The van der Waals surface area contributed by atoms with Gasteiger partial charge in [0.2, 0.25) is 12.7 Å². The Hall–Kier alpha value is -3.48. The second-order valence-electron chi connectivity index (χ2n) is 9.44. The van der Waals surface area contributed by atoms with Crippen LogP contribution in [0.4, 0.5) is 5.69 Å². The van der Waals surface area contributed by atoms with Gasteiger partial charge in [0.05, 0.1) is 19.9 Å². The zero-order valence-electron chi connectivity index (χ0n) is 19.3. The van der Waals surface area contributed by atoms with Gasteiger partial charge in [0.25, 0.3) is 0 Å². The second kappa shape index (κ2) is 7.83. The van der Waals surface area contributed by atoms with Crippen molar-refractivity contribution in [2.24, 2.45) is 5.41 Å². The number of methoxy groups -OCH3 is 2. The number of allylic oxidation sites excluding steroid dienone is 2. The van der Waals surface area contributed by atoms with Gasteiger partial charge in [0.1, 0.15) is 11.5 Å². The van der Waals surface area contributed by atoms with Crippen LogP contribution >= 0.6 is 0 Å². The van der Waals surface area contributed by atoms with Crippen molar-refractivity contribution in [1.82, 2.24) is 0 Å². The molecule has 33 heavy (non-hydrogen) atoms. The van der Waals surface area contributed by atoms with E-state index in [2.05, 4.69) is 13.8 Å². The number of Topliss-reactive ketones (excluding diaryl/α,β-unsaturated/α-hetero) is 1. The molecular formula is C26H27NO6. The number of carbonyl (C=O) groups is 2. The molecule has 1 aliphatic carbocycles. The molecule has 0 saturated heterocycles. The molecule has 0 fully saturated rings. The first-order valence-corrected chi connectivity index (χ1v) is 11.0. The fourth-order valence-electron chi connectivity index (χ4n) is 5.08. The van der Waals surface area contributed by atoms with Gasteiger partial charge >= 0.3 is 0 Å². The smallest absolute Gasteiger partial charge is 0.232 e. The topological polar surface area (TPSA) is 74.3 Å². The summed E-state index contributed by atoms with van der Waals surface area (Å²) in [5, 5.41) is 0. The molecule has 0 radical (unpaired) electrons. The number of nitrogens with zero attached hydrogens (tertiary/aromatic N) is 1. The number of carbonyl (C=O) groups excluding carboxylic acids is 2. The fourth-order valence-corrected chi connectivity index (χ4v) is 5.08. The summed E-state index contributed by atoms with van der Waals surface area (Å²) in [5.74, 6) is 2.13. The van der Waals surface area contributed by atoms with Gasteiger partial charge < -0.3 is 18.9 Å². The SMILES string of the molecule is COc1ccc(OC)c(N2C(=O)CC(c3ccc4c(c3)OCO4)C3=C2CC(C)(C)CC3=O)c1. The van der Waals surface area contributed by atoms with Crippen LogP contribution in [0.15, 0.2) is 47.7 Å². The minimum Gasteiger partial charge on any atom is -0.497 e. The van der Waals surface area contributed by atoms with Gasteiger partial charge in [-0.3, -0.25) is 14.5 Å². The Labute approximate surface area is 192 Å². The highest BCUT2D eigenvalue weighted by Gasteiger charge is 2.45. The molecule has 1 amide bonds. The van der Waals surface area contributed by atoms with Gasteiger partial charge in [-0.1, -0.05) is 19.9 Å². The van der Waals surface area contributed by atoms with E-state index in [0.29, 0.717) is 47.1 Å². The van der Waals surface area contributed by atoms with Gasteiger partial charge in [-0.05, 0) is 41.7 Å². The van der Waals surface area contributed by atoms with Crippen LogP contribution in [0.5, 0.6) is 23.0 Å². The van der Waals surface area contributed by atoms with Crippen molar-refractivity contribution in [1.29, 1.82) is 0 Å². The Kier molecular flexibility index (Phi) is 5.07. The van der Waals surface area contributed by atoms with E-state index in [1.165, 1.54) is 0 Å². The van der Waals surface area contributed by atoms with Crippen LogP contribution in [-0.4, -0.2) is 32.7 Å². The molecule has 0 spiro atoms. The average molecular weight is 450 g/mol. The van der Waals surface area contributed by atoms with Crippen LogP contribution in [0, 0.1) is 5.41 Å². The maximum absolute atomic E-state index is 13.7. The van der Waals surface area contributed by atoms with E-state index in [9.17, 15) is 9.59 Å². The molecule has 7 heteroatoms. The van der Waals surface area contributed by atoms with Crippen molar-refractivity contribution < 1.29 is 28.5 Å². The molecule has 1 unspecified atom stereocenters. The molecule has 2 heterocycles. The van der Waals surface area contributed by atoms with E-state index in [0.717, 1.165) is 11.3 Å². The van der Waals surface area contributed by atoms with Crippen LogP contribution in [-0.2, 0) is 9.59 Å². The lowest BCUT2D eigenvalue weighted by Crippen LogP contribution is -2.43. The highest BCUT2D eigenvalue weighted by Crippen LogP contribution is 2.50. The molecule has 172 valence electrons. The van der Waals surface area contributed by atoms with Gasteiger partial charge in [0.15, 0.2) is 17.3 Å². The van der Waals surface area contributed by atoms with Crippen molar-refractivity contribution in [3.05, 3.63) is 53.2 Å². The minimum atomic E-state index is -0.335. The number of hydrogen-bond acceptors (Lipinski definition) is 6. The Morgan fingerprint density at radius 2 is 1.76 bits per heavy atom. The first kappa shape index (κ1) is 21.4. The Bertz CT molecular complexity index is 1180. The van der Waals surface area contributed by atoms with Crippen molar-refractivity contribution in [2.75, 3.05) is 25.9 Å². The fraction of sp³-hybridized carbons (Fsp3) is 0.385. The number of benzene rings is 2. The van der Waals surface area contributed by atoms with Gasteiger partial charge in [0, 0.05) is 36.1 Å². The van der Waals surface area contributed by atoms with Crippen LogP contribution in [0.1, 0.15) is 44.6 Å². The molecule has 0 bridgehead atoms. The number of fused-ring (bicyclic) bond motifs is 1. The molecule has 2 aliphatic heterocycles. The quantitative estimate of drug-likeness (QED) is 0.679. The standard InChI is InChI=1S/C26H27NO6/c1-26(2)12-19-25(20(28)13-26)17(15-5-7-22-23(9-15)33-14-32-22)11-24(29)27(19)18-10-16(30-3)6-8-21(18)31-4/h5-10,17H,11-14H2,1-4H3. The lowest BCUT2D eigenvalue weighted by Gasteiger charge is -2.43. The molecule has 3 aliphatic rings. The van der Waals surface area contributed by atoms with Crippen molar-refractivity contribution >= 4 is 17.4 Å². The van der Waals surface area contributed by atoms with Gasteiger partial charge in [-0.25, -0.2) is 0 Å². The van der Waals surface area contributed by atoms with E-state index in [4.69, 9.17) is 18.9 Å².